The molecule has 14 heavy (non-hydrogen) atoms. The van der Waals surface area contributed by atoms with Crippen LogP contribution in [-0.4, -0.2) is 33.4 Å². The number of hydrogen-bond acceptors (Lipinski definition) is 4. The minimum Gasteiger partial charge on any atom is -0.396 e. The van der Waals surface area contributed by atoms with Crippen molar-refractivity contribution in [1.82, 2.24) is 9.97 Å². The van der Waals surface area contributed by atoms with Gasteiger partial charge in [-0.2, -0.15) is 0 Å². The maximum atomic E-state index is 9.25. The first kappa shape index (κ1) is 9.55. The van der Waals surface area contributed by atoms with Crippen LogP contribution in [0.3, 0.4) is 0 Å². The number of aromatic nitrogens is 2. The highest BCUT2D eigenvalue weighted by Gasteiger charge is 2.53. The van der Waals surface area contributed by atoms with E-state index in [1.165, 1.54) is 0 Å². The molecular formula is C10H14N2O2. The van der Waals surface area contributed by atoms with Crippen LogP contribution in [0, 0.1) is 11.3 Å². The van der Waals surface area contributed by atoms with Gasteiger partial charge in [-0.1, -0.05) is 0 Å². The molecule has 1 saturated carbocycles. The van der Waals surface area contributed by atoms with E-state index in [1.807, 2.05) is 0 Å². The van der Waals surface area contributed by atoms with Crippen LogP contribution in [0.25, 0.3) is 0 Å². The van der Waals surface area contributed by atoms with Crippen LogP contribution in [0.15, 0.2) is 18.5 Å². The molecule has 0 aromatic carbocycles. The summed E-state index contributed by atoms with van der Waals surface area (Å²) in [5.74, 6) is 0.966. The second-order valence-electron chi connectivity index (χ2n) is 3.95. The molecule has 2 unspecified atom stereocenters. The van der Waals surface area contributed by atoms with Crippen molar-refractivity contribution in [1.29, 1.82) is 0 Å². The first-order valence-corrected chi connectivity index (χ1v) is 4.78. The zero-order valence-corrected chi connectivity index (χ0v) is 7.93. The zero-order chi connectivity index (χ0) is 10.0. The fourth-order valence-corrected chi connectivity index (χ4v) is 1.89. The monoisotopic (exact) mass is 194 g/mol. The van der Waals surface area contributed by atoms with Crippen molar-refractivity contribution in [2.45, 2.75) is 12.8 Å². The Kier molecular flexibility index (Phi) is 2.48. The highest BCUT2D eigenvalue weighted by atomic mass is 16.3. The van der Waals surface area contributed by atoms with Gasteiger partial charge in [0.15, 0.2) is 0 Å². The van der Waals surface area contributed by atoms with Gasteiger partial charge in [0.1, 0.15) is 5.82 Å². The molecule has 0 amide bonds. The van der Waals surface area contributed by atoms with Gasteiger partial charge in [0.2, 0.25) is 0 Å². The predicted octanol–water partition coefficient (Wildman–Crippen LogP) is 0.0100. The van der Waals surface area contributed by atoms with Crippen molar-refractivity contribution in [2.75, 3.05) is 13.2 Å². The number of aliphatic hydroxyl groups excluding tert-OH is 2. The number of nitrogens with zero attached hydrogens (tertiary/aromatic N) is 2. The van der Waals surface area contributed by atoms with Crippen LogP contribution < -0.4 is 0 Å². The van der Waals surface area contributed by atoms with Gasteiger partial charge < -0.3 is 10.2 Å². The lowest BCUT2D eigenvalue weighted by atomic mass is 10.00. The maximum absolute atomic E-state index is 9.25. The van der Waals surface area contributed by atoms with Crippen LogP contribution >= 0.6 is 0 Å². The average molecular weight is 194 g/mol. The lowest BCUT2D eigenvalue weighted by Crippen LogP contribution is -2.16. The lowest BCUT2D eigenvalue weighted by molar-refractivity contribution is 0.170. The average Bonchev–Trinajstić information content (AvgIpc) is 2.94. The molecule has 4 nitrogen and oxygen atoms in total. The van der Waals surface area contributed by atoms with E-state index in [2.05, 4.69) is 9.97 Å². The second-order valence-corrected chi connectivity index (χ2v) is 3.95. The first-order chi connectivity index (χ1) is 6.80. The molecule has 1 aromatic rings. The van der Waals surface area contributed by atoms with Crippen LogP contribution in [0.1, 0.15) is 12.2 Å². The summed E-state index contributed by atoms with van der Waals surface area (Å²) >= 11 is 0. The Hall–Kier alpha value is -1.00. The van der Waals surface area contributed by atoms with Crippen LogP contribution in [0.2, 0.25) is 0 Å². The number of aliphatic hydroxyl groups is 2. The van der Waals surface area contributed by atoms with Crippen LogP contribution in [0.4, 0.5) is 0 Å². The predicted molar refractivity (Wildman–Crippen MR) is 50.4 cm³/mol. The Morgan fingerprint density at radius 1 is 1.36 bits per heavy atom. The Balaban J connectivity index is 2.04. The van der Waals surface area contributed by atoms with Gasteiger partial charge in [-0.05, 0) is 18.4 Å². The fraction of sp³-hybridized carbons (Fsp3) is 0.600. The molecule has 0 saturated heterocycles. The van der Waals surface area contributed by atoms with Gasteiger partial charge >= 0.3 is 0 Å². The molecule has 4 heteroatoms. The van der Waals surface area contributed by atoms with Gasteiger partial charge in [-0.15, -0.1) is 0 Å². The molecule has 1 fully saturated rings. The molecule has 1 heterocycles. The fourth-order valence-electron chi connectivity index (χ4n) is 1.89. The van der Waals surface area contributed by atoms with E-state index in [-0.39, 0.29) is 24.5 Å². The molecule has 0 aliphatic heterocycles. The van der Waals surface area contributed by atoms with E-state index in [1.54, 1.807) is 18.5 Å². The molecule has 1 aliphatic rings. The molecule has 76 valence electrons. The summed E-state index contributed by atoms with van der Waals surface area (Å²) < 4.78 is 0. The highest BCUT2D eigenvalue weighted by Crippen LogP contribution is 2.53. The summed E-state index contributed by atoms with van der Waals surface area (Å²) in [5, 5.41) is 18.3. The third-order valence-electron chi connectivity index (χ3n) is 3.02. The molecule has 0 bridgehead atoms. The van der Waals surface area contributed by atoms with Gasteiger partial charge in [-0.3, -0.25) is 0 Å². The van der Waals surface area contributed by atoms with E-state index >= 15 is 0 Å². The highest BCUT2D eigenvalue weighted by molar-refractivity contribution is 5.07. The minimum absolute atomic E-state index is 0.108. The van der Waals surface area contributed by atoms with Crippen molar-refractivity contribution in [3.63, 3.8) is 0 Å². The summed E-state index contributed by atoms with van der Waals surface area (Å²) in [6, 6.07) is 1.77. The lowest BCUT2D eigenvalue weighted by Gasteiger charge is -2.11. The summed E-state index contributed by atoms with van der Waals surface area (Å²) in [5.41, 5.74) is -0.157. The largest absolute Gasteiger partial charge is 0.396 e. The smallest absolute Gasteiger partial charge is 0.128 e. The molecule has 1 aromatic heterocycles. The molecular weight excluding hydrogens is 180 g/mol. The maximum Gasteiger partial charge on any atom is 0.128 e. The van der Waals surface area contributed by atoms with Crippen LogP contribution in [-0.2, 0) is 6.42 Å². The molecule has 2 N–H and O–H groups in total. The third-order valence-corrected chi connectivity index (χ3v) is 3.02. The summed E-state index contributed by atoms with van der Waals surface area (Å²) in [7, 11) is 0. The molecule has 0 radical (unpaired) electrons. The van der Waals surface area contributed by atoms with Gasteiger partial charge in [0.25, 0.3) is 0 Å². The van der Waals surface area contributed by atoms with Crippen LogP contribution in [0.5, 0.6) is 0 Å². The number of hydrogen-bond donors (Lipinski definition) is 2. The Bertz CT molecular complexity index is 304. The topological polar surface area (TPSA) is 66.2 Å². The standard InChI is InChI=1S/C10H14N2O2/c13-6-8-4-10(8,7-14)5-9-11-2-1-3-12-9/h1-3,8,13-14H,4-7H2. The first-order valence-electron chi connectivity index (χ1n) is 4.78. The summed E-state index contributed by atoms with van der Waals surface area (Å²) in [4.78, 5) is 8.23. The van der Waals surface area contributed by atoms with Gasteiger partial charge in [-0.25, -0.2) is 9.97 Å². The van der Waals surface area contributed by atoms with E-state index < -0.39 is 0 Å². The quantitative estimate of drug-likeness (QED) is 0.708. The second kappa shape index (κ2) is 3.63. The van der Waals surface area contributed by atoms with E-state index in [0.29, 0.717) is 6.42 Å². The SMILES string of the molecule is OCC1CC1(CO)Cc1ncccn1. The van der Waals surface area contributed by atoms with Crippen molar-refractivity contribution in [2.24, 2.45) is 11.3 Å². The van der Waals surface area contributed by atoms with Crippen molar-refractivity contribution in [3.8, 4) is 0 Å². The molecule has 2 atom stereocenters. The normalized spacial score (nSPS) is 30.3. The Labute approximate surface area is 82.6 Å². The van der Waals surface area contributed by atoms with E-state index in [0.717, 1.165) is 12.2 Å². The van der Waals surface area contributed by atoms with Crippen molar-refractivity contribution in [3.05, 3.63) is 24.3 Å². The minimum atomic E-state index is -0.157. The molecule has 0 spiro atoms. The Morgan fingerprint density at radius 2 is 2.07 bits per heavy atom. The van der Waals surface area contributed by atoms with Gasteiger partial charge in [0, 0.05) is 37.4 Å². The summed E-state index contributed by atoms with van der Waals surface area (Å²) in [6.07, 6.45) is 4.93. The Morgan fingerprint density at radius 3 is 2.57 bits per heavy atom. The van der Waals surface area contributed by atoms with Crippen molar-refractivity contribution >= 4 is 0 Å². The molecule has 2 rings (SSSR count). The number of rotatable bonds is 4. The van der Waals surface area contributed by atoms with E-state index in [4.69, 9.17) is 5.11 Å². The third kappa shape index (κ3) is 1.63. The van der Waals surface area contributed by atoms with Crippen molar-refractivity contribution < 1.29 is 10.2 Å². The zero-order valence-electron chi connectivity index (χ0n) is 7.93. The summed E-state index contributed by atoms with van der Waals surface area (Å²) in [6.45, 7) is 0.254. The van der Waals surface area contributed by atoms with E-state index in [9.17, 15) is 5.11 Å². The van der Waals surface area contributed by atoms with Gasteiger partial charge in [0.05, 0.1) is 0 Å². The molecule has 1 aliphatic carbocycles.